The number of hydrogen-bond acceptors (Lipinski definition) is 2. The Balaban J connectivity index is 2.62. The van der Waals surface area contributed by atoms with Crippen LogP contribution in [0.3, 0.4) is 0 Å². The van der Waals surface area contributed by atoms with E-state index in [9.17, 15) is 0 Å². The molecular weight excluding hydrogens is 254 g/mol. The van der Waals surface area contributed by atoms with Gasteiger partial charge in [0.25, 0.3) is 0 Å². The standard InChI is InChI=1S/C12H14BrNO/c1-2-3-8-15-12-5-4-10(6-7-14)9-11(12)13/h1,4-5,9H,3,6-8,14H2. The molecule has 0 bridgehead atoms. The van der Waals surface area contributed by atoms with E-state index >= 15 is 0 Å². The second kappa shape index (κ2) is 6.49. The summed E-state index contributed by atoms with van der Waals surface area (Å²) >= 11 is 3.45. The van der Waals surface area contributed by atoms with Crippen LogP contribution in [0, 0.1) is 12.3 Å². The molecule has 0 aliphatic rings. The fourth-order valence-electron chi connectivity index (χ4n) is 1.20. The zero-order chi connectivity index (χ0) is 11.1. The molecule has 0 amide bonds. The average molecular weight is 268 g/mol. The second-order valence-electron chi connectivity index (χ2n) is 3.11. The highest BCUT2D eigenvalue weighted by Gasteiger charge is 2.01. The molecule has 3 heteroatoms. The van der Waals surface area contributed by atoms with E-state index < -0.39 is 0 Å². The van der Waals surface area contributed by atoms with Gasteiger partial charge in [-0.05, 0) is 46.6 Å². The fraction of sp³-hybridized carbons (Fsp3) is 0.333. The Bertz CT molecular complexity index is 357. The van der Waals surface area contributed by atoms with Crippen LogP contribution in [0.25, 0.3) is 0 Å². The molecule has 0 unspecified atom stereocenters. The SMILES string of the molecule is C#CCCOc1ccc(CCN)cc1Br. The van der Waals surface area contributed by atoms with Crippen LogP contribution in [0.1, 0.15) is 12.0 Å². The Morgan fingerprint density at radius 1 is 1.47 bits per heavy atom. The van der Waals surface area contributed by atoms with Crippen LogP contribution in [0.5, 0.6) is 5.75 Å². The Hall–Kier alpha value is -0.980. The molecule has 0 saturated heterocycles. The van der Waals surface area contributed by atoms with Gasteiger partial charge in [0, 0.05) is 6.42 Å². The lowest BCUT2D eigenvalue weighted by atomic mass is 10.1. The van der Waals surface area contributed by atoms with E-state index in [1.165, 1.54) is 5.56 Å². The second-order valence-corrected chi connectivity index (χ2v) is 3.96. The first-order chi connectivity index (χ1) is 7.27. The predicted molar refractivity (Wildman–Crippen MR) is 65.8 cm³/mol. The van der Waals surface area contributed by atoms with Gasteiger partial charge in [-0.1, -0.05) is 6.07 Å². The van der Waals surface area contributed by atoms with Crippen molar-refractivity contribution in [3.05, 3.63) is 28.2 Å². The summed E-state index contributed by atoms with van der Waals surface area (Å²) in [6.07, 6.45) is 6.64. The average Bonchev–Trinajstić information content (AvgIpc) is 2.22. The molecular formula is C12H14BrNO. The third kappa shape index (κ3) is 3.94. The summed E-state index contributed by atoms with van der Waals surface area (Å²) < 4.78 is 6.44. The fourth-order valence-corrected chi connectivity index (χ4v) is 1.74. The van der Waals surface area contributed by atoms with Crippen molar-refractivity contribution in [1.29, 1.82) is 0 Å². The smallest absolute Gasteiger partial charge is 0.133 e. The summed E-state index contributed by atoms with van der Waals surface area (Å²) in [5, 5.41) is 0. The van der Waals surface area contributed by atoms with Crippen LogP contribution >= 0.6 is 15.9 Å². The lowest BCUT2D eigenvalue weighted by molar-refractivity contribution is 0.325. The highest BCUT2D eigenvalue weighted by atomic mass is 79.9. The number of halogens is 1. The minimum atomic E-state index is 0.547. The van der Waals surface area contributed by atoms with Gasteiger partial charge < -0.3 is 10.5 Å². The Kier molecular flexibility index (Phi) is 5.23. The Labute approximate surface area is 98.9 Å². The molecule has 0 aliphatic carbocycles. The first-order valence-corrected chi connectivity index (χ1v) is 5.62. The van der Waals surface area contributed by atoms with Crippen molar-refractivity contribution in [2.75, 3.05) is 13.2 Å². The highest BCUT2D eigenvalue weighted by Crippen LogP contribution is 2.26. The van der Waals surface area contributed by atoms with Crippen molar-refractivity contribution in [2.24, 2.45) is 5.73 Å². The number of nitrogens with two attached hydrogens (primary N) is 1. The first kappa shape index (κ1) is 12.1. The van der Waals surface area contributed by atoms with Crippen LogP contribution in [0.4, 0.5) is 0 Å². The van der Waals surface area contributed by atoms with E-state index in [1.54, 1.807) is 0 Å². The zero-order valence-electron chi connectivity index (χ0n) is 8.50. The molecule has 0 fully saturated rings. The molecule has 80 valence electrons. The molecule has 0 saturated carbocycles. The lowest BCUT2D eigenvalue weighted by Gasteiger charge is -2.08. The lowest BCUT2D eigenvalue weighted by Crippen LogP contribution is -2.03. The molecule has 2 N–H and O–H groups in total. The maximum Gasteiger partial charge on any atom is 0.133 e. The summed E-state index contributed by atoms with van der Waals surface area (Å²) in [6.45, 7) is 1.20. The van der Waals surface area contributed by atoms with Gasteiger partial charge in [0.05, 0.1) is 11.1 Å². The minimum absolute atomic E-state index is 0.547. The molecule has 15 heavy (non-hydrogen) atoms. The van der Waals surface area contributed by atoms with Gasteiger partial charge in [-0.3, -0.25) is 0 Å². The summed E-state index contributed by atoms with van der Waals surface area (Å²) in [5.74, 6) is 3.36. The highest BCUT2D eigenvalue weighted by molar-refractivity contribution is 9.10. The van der Waals surface area contributed by atoms with Gasteiger partial charge in [0.2, 0.25) is 0 Å². The molecule has 0 radical (unpaired) electrons. The molecule has 0 aromatic heterocycles. The minimum Gasteiger partial charge on any atom is -0.491 e. The van der Waals surface area contributed by atoms with Crippen LogP contribution in [-0.4, -0.2) is 13.2 Å². The molecule has 2 nitrogen and oxygen atoms in total. The summed E-state index contributed by atoms with van der Waals surface area (Å²) in [7, 11) is 0. The molecule has 0 spiro atoms. The summed E-state index contributed by atoms with van der Waals surface area (Å²) in [4.78, 5) is 0. The largest absolute Gasteiger partial charge is 0.491 e. The first-order valence-electron chi connectivity index (χ1n) is 4.82. The van der Waals surface area contributed by atoms with Crippen molar-refractivity contribution in [3.8, 4) is 18.1 Å². The zero-order valence-corrected chi connectivity index (χ0v) is 10.1. The number of ether oxygens (including phenoxy) is 1. The van der Waals surface area contributed by atoms with Crippen molar-refractivity contribution in [1.82, 2.24) is 0 Å². The van der Waals surface area contributed by atoms with E-state index in [0.29, 0.717) is 19.6 Å². The van der Waals surface area contributed by atoms with Crippen molar-refractivity contribution in [3.63, 3.8) is 0 Å². The van der Waals surface area contributed by atoms with Gasteiger partial charge >= 0.3 is 0 Å². The van der Waals surface area contributed by atoms with Gasteiger partial charge in [-0.25, -0.2) is 0 Å². The van der Waals surface area contributed by atoms with Crippen molar-refractivity contribution in [2.45, 2.75) is 12.8 Å². The van der Waals surface area contributed by atoms with Crippen LogP contribution < -0.4 is 10.5 Å². The van der Waals surface area contributed by atoms with E-state index in [-0.39, 0.29) is 0 Å². The number of hydrogen-bond donors (Lipinski definition) is 1. The van der Waals surface area contributed by atoms with Crippen LogP contribution in [-0.2, 0) is 6.42 Å². The summed E-state index contributed by atoms with van der Waals surface area (Å²) in [5.41, 5.74) is 6.68. The van der Waals surface area contributed by atoms with E-state index in [2.05, 4.69) is 21.9 Å². The van der Waals surface area contributed by atoms with Crippen LogP contribution in [0.15, 0.2) is 22.7 Å². The van der Waals surface area contributed by atoms with E-state index in [4.69, 9.17) is 16.9 Å². The van der Waals surface area contributed by atoms with Crippen molar-refractivity contribution >= 4 is 15.9 Å². The van der Waals surface area contributed by atoms with E-state index in [0.717, 1.165) is 16.6 Å². The molecule has 1 aromatic rings. The van der Waals surface area contributed by atoms with Gasteiger partial charge in [0.1, 0.15) is 5.75 Å². The van der Waals surface area contributed by atoms with Crippen molar-refractivity contribution < 1.29 is 4.74 Å². The predicted octanol–water partition coefficient (Wildman–Crippen LogP) is 2.35. The van der Waals surface area contributed by atoms with Gasteiger partial charge in [-0.2, -0.15) is 0 Å². The molecule has 1 aromatic carbocycles. The molecule has 0 atom stereocenters. The molecule has 1 rings (SSSR count). The number of rotatable bonds is 5. The maximum atomic E-state index is 5.49. The van der Waals surface area contributed by atoms with Gasteiger partial charge in [-0.15, -0.1) is 12.3 Å². The third-order valence-electron chi connectivity index (χ3n) is 1.93. The molecule has 0 heterocycles. The third-order valence-corrected chi connectivity index (χ3v) is 2.55. The maximum absolute atomic E-state index is 5.49. The Morgan fingerprint density at radius 2 is 2.27 bits per heavy atom. The monoisotopic (exact) mass is 267 g/mol. The summed E-state index contributed by atoms with van der Waals surface area (Å²) in [6, 6.07) is 5.98. The number of benzene rings is 1. The Morgan fingerprint density at radius 3 is 2.87 bits per heavy atom. The van der Waals surface area contributed by atoms with Gasteiger partial charge in [0.15, 0.2) is 0 Å². The quantitative estimate of drug-likeness (QED) is 0.657. The van der Waals surface area contributed by atoms with Crippen LogP contribution in [0.2, 0.25) is 0 Å². The topological polar surface area (TPSA) is 35.2 Å². The van der Waals surface area contributed by atoms with E-state index in [1.807, 2.05) is 18.2 Å². The normalized spacial score (nSPS) is 9.67. The number of terminal acetylenes is 1. The molecule has 0 aliphatic heterocycles.